The molecule has 0 amide bonds. The van der Waals surface area contributed by atoms with Crippen LogP contribution in [0.2, 0.25) is 0 Å². The lowest BCUT2D eigenvalue weighted by molar-refractivity contribution is 0.509. The van der Waals surface area contributed by atoms with Gasteiger partial charge in [0.15, 0.2) is 0 Å². The molecule has 1 rings (SSSR count). The van der Waals surface area contributed by atoms with E-state index in [9.17, 15) is 0 Å². The van der Waals surface area contributed by atoms with Crippen molar-refractivity contribution in [1.82, 2.24) is 20.2 Å². The Kier molecular flexibility index (Phi) is 9.00. The van der Waals surface area contributed by atoms with Crippen LogP contribution in [0, 0.1) is 0 Å². The Morgan fingerprint density at radius 1 is 0.824 bits per heavy atom. The van der Waals surface area contributed by atoms with E-state index in [2.05, 4.69) is 28.2 Å². The summed E-state index contributed by atoms with van der Waals surface area (Å²) < 4.78 is 1.80. The molecule has 0 atom stereocenters. The van der Waals surface area contributed by atoms with E-state index >= 15 is 0 Å². The molecule has 0 spiro atoms. The van der Waals surface area contributed by atoms with Crippen molar-refractivity contribution in [1.29, 1.82) is 0 Å². The molecule has 4 nitrogen and oxygen atoms in total. The predicted molar refractivity (Wildman–Crippen MR) is 73.2 cm³/mol. The fraction of sp³-hybridized carbons (Fsp3) is 0.917. The maximum Gasteiger partial charge on any atom is 0.138 e. The molecule has 5 heteroatoms. The summed E-state index contributed by atoms with van der Waals surface area (Å²) in [6, 6.07) is 0. The van der Waals surface area contributed by atoms with Crippen LogP contribution in [-0.4, -0.2) is 26.0 Å². The second-order valence-corrected chi connectivity index (χ2v) is 4.93. The standard InChI is InChI=1S/C12H24N4S/c17-11-9-7-5-3-1-2-4-6-8-10-16-12-13-14-15-16/h12,17H,1-11H2. The SMILES string of the molecule is SCCCCCCCCCCCn1cnnn1. The number of hydrogen-bond donors (Lipinski definition) is 1. The minimum absolute atomic E-state index is 0.953. The van der Waals surface area contributed by atoms with Gasteiger partial charge in [-0.25, -0.2) is 4.68 Å². The largest absolute Gasteiger partial charge is 0.233 e. The Balaban J connectivity index is 1.76. The van der Waals surface area contributed by atoms with Gasteiger partial charge in [0, 0.05) is 6.54 Å². The smallest absolute Gasteiger partial charge is 0.138 e. The quantitative estimate of drug-likeness (QED) is 0.489. The van der Waals surface area contributed by atoms with E-state index in [-0.39, 0.29) is 0 Å². The second kappa shape index (κ2) is 10.6. The molecule has 0 aliphatic carbocycles. The number of thiol groups is 1. The van der Waals surface area contributed by atoms with Gasteiger partial charge in [-0.15, -0.1) is 5.10 Å². The predicted octanol–water partition coefficient (Wildman–Crippen LogP) is 3.11. The number of unbranched alkanes of at least 4 members (excludes halogenated alkanes) is 8. The summed E-state index contributed by atoms with van der Waals surface area (Å²) in [5.41, 5.74) is 0. The molecule has 0 N–H and O–H groups in total. The summed E-state index contributed by atoms with van der Waals surface area (Å²) in [4.78, 5) is 0. The summed E-state index contributed by atoms with van der Waals surface area (Å²) in [5.74, 6) is 1.04. The van der Waals surface area contributed by atoms with Crippen molar-refractivity contribution in [3.8, 4) is 0 Å². The number of rotatable bonds is 11. The van der Waals surface area contributed by atoms with E-state index in [1.165, 1.54) is 57.8 Å². The highest BCUT2D eigenvalue weighted by atomic mass is 32.1. The number of nitrogens with zero attached hydrogens (tertiary/aromatic N) is 4. The summed E-state index contributed by atoms with van der Waals surface area (Å²) >= 11 is 4.21. The van der Waals surface area contributed by atoms with Crippen LogP contribution in [0.15, 0.2) is 6.33 Å². The van der Waals surface area contributed by atoms with Crippen molar-refractivity contribution < 1.29 is 0 Å². The molecule has 0 saturated heterocycles. The monoisotopic (exact) mass is 256 g/mol. The number of tetrazole rings is 1. The van der Waals surface area contributed by atoms with Gasteiger partial charge in [0.05, 0.1) is 0 Å². The van der Waals surface area contributed by atoms with E-state index in [0.717, 1.165) is 12.3 Å². The van der Waals surface area contributed by atoms with Crippen LogP contribution in [0.5, 0.6) is 0 Å². The van der Waals surface area contributed by atoms with Crippen LogP contribution in [0.3, 0.4) is 0 Å². The van der Waals surface area contributed by atoms with Gasteiger partial charge in [-0.2, -0.15) is 12.6 Å². The minimum Gasteiger partial charge on any atom is -0.233 e. The third-order valence-corrected chi connectivity index (χ3v) is 3.25. The second-order valence-electron chi connectivity index (χ2n) is 4.48. The number of aromatic nitrogens is 4. The Bertz CT molecular complexity index is 251. The molecule has 0 aromatic carbocycles. The minimum atomic E-state index is 0.953. The van der Waals surface area contributed by atoms with Crippen LogP contribution < -0.4 is 0 Å². The van der Waals surface area contributed by atoms with Gasteiger partial charge in [-0.05, 0) is 29.0 Å². The Hall–Kier alpha value is -0.580. The summed E-state index contributed by atoms with van der Waals surface area (Å²) in [6.07, 6.45) is 13.6. The zero-order valence-electron chi connectivity index (χ0n) is 10.6. The van der Waals surface area contributed by atoms with Gasteiger partial charge in [0.1, 0.15) is 6.33 Å². The summed E-state index contributed by atoms with van der Waals surface area (Å²) in [6.45, 7) is 0.953. The molecular formula is C12H24N4S. The third kappa shape index (κ3) is 8.18. The average Bonchev–Trinajstić information content (AvgIpc) is 2.85. The average molecular weight is 256 g/mol. The van der Waals surface area contributed by atoms with Gasteiger partial charge in [0.2, 0.25) is 0 Å². The molecule has 0 fully saturated rings. The molecule has 1 aromatic rings. The van der Waals surface area contributed by atoms with Crippen molar-refractivity contribution in [3.63, 3.8) is 0 Å². The van der Waals surface area contributed by atoms with Crippen LogP contribution in [0.4, 0.5) is 0 Å². The lowest BCUT2D eigenvalue weighted by atomic mass is 10.1. The first kappa shape index (κ1) is 14.5. The molecule has 17 heavy (non-hydrogen) atoms. The molecule has 0 aliphatic rings. The molecular weight excluding hydrogens is 232 g/mol. The topological polar surface area (TPSA) is 43.6 Å². The van der Waals surface area contributed by atoms with Crippen molar-refractivity contribution in [2.24, 2.45) is 0 Å². The van der Waals surface area contributed by atoms with Crippen LogP contribution in [0.25, 0.3) is 0 Å². The van der Waals surface area contributed by atoms with Gasteiger partial charge in [0.25, 0.3) is 0 Å². The Morgan fingerprint density at radius 3 is 1.94 bits per heavy atom. The Morgan fingerprint density at radius 2 is 1.41 bits per heavy atom. The first-order chi connectivity index (χ1) is 8.43. The molecule has 0 saturated carbocycles. The first-order valence-electron chi connectivity index (χ1n) is 6.75. The lowest BCUT2D eigenvalue weighted by Gasteiger charge is -2.02. The van der Waals surface area contributed by atoms with Gasteiger partial charge in [-0.3, -0.25) is 0 Å². The highest BCUT2D eigenvalue weighted by molar-refractivity contribution is 7.80. The van der Waals surface area contributed by atoms with E-state index in [0.29, 0.717) is 0 Å². The summed E-state index contributed by atoms with van der Waals surface area (Å²) in [7, 11) is 0. The van der Waals surface area contributed by atoms with Crippen molar-refractivity contribution in [2.45, 2.75) is 64.3 Å². The number of hydrogen-bond acceptors (Lipinski definition) is 4. The van der Waals surface area contributed by atoms with Gasteiger partial charge >= 0.3 is 0 Å². The highest BCUT2D eigenvalue weighted by Gasteiger charge is 1.94. The normalized spacial score (nSPS) is 10.9. The first-order valence-corrected chi connectivity index (χ1v) is 7.38. The van der Waals surface area contributed by atoms with Crippen LogP contribution in [0.1, 0.15) is 57.8 Å². The molecule has 0 bridgehead atoms. The van der Waals surface area contributed by atoms with Crippen LogP contribution in [-0.2, 0) is 6.54 Å². The van der Waals surface area contributed by atoms with Crippen molar-refractivity contribution in [3.05, 3.63) is 6.33 Å². The fourth-order valence-electron chi connectivity index (χ4n) is 1.91. The maximum absolute atomic E-state index is 4.21. The van der Waals surface area contributed by atoms with Crippen LogP contribution >= 0.6 is 12.6 Å². The molecule has 98 valence electrons. The molecule has 0 radical (unpaired) electrons. The van der Waals surface area contributed by atoms with E-state index in [1.807, 2.05) is 0 Å². The Labute approximate surface area is 110 Å². The number of aryl methyl sites for hydroxylation is 1. The molecule has 0 aliphatic heterocycles. The molecule has 1 aromatic heterocycles. The van der Waals surface area contributed by atoms with E-state index in [4.69, 9.17) is 0 Å². The third-order valence-electron chi connectivity index (χ3n) is 2.94. The van der Waals surface area contributed by atoms with Gasteiger partial charge < -0.3 is 0 Å². The molecule has 0 unspecified atom stereocenters. The highest BCUT2D eigenvalue weighted by Crippen LogP contribution is 2.10. The van der Waals surface area contributed by atoms with Crippen molar-refractivity contribution >= 4 is 12.6 Å². The van der Waals surface area contributed by atoms with E-state index < -0.39 is 0 Å². The zero-order chi connectivity index (χ0) is 12.2. The fourth-order valence-corrected chi connectivity index (χ4v) is 2.13. The maximum atomic E-state index is 4.21. The van der Waals surface area contributed by atoms with Gasteiger partial charge in [-0.1, -0.05) is 44.9 Å². The zero-order valence-corrected chi connectivity index (χ0v) is 11.5. The molecule has 1 heterocycles. The van der Waals surface area contributed by atoms with E-state index in [1.54, 1.807) is 11.0 Å². The van der Waals surface area contributed by atoms with Crippen molar-refractivity contribution in [2.75, 3.05) is 5.75 Å². The lowest BCUT2D eigenvalue weighted by Crippen LogP contribution is -1.98. The summed E-state index contributed by atoms with van der Waals surface area (Å²) in [5, 5.41) is 11.1.